The molecule has 1 fully saturated rings. The molecule has 1 amide bonds. The van der Waals surface area contributed by atoms with E-state index < -0.39 is 29.4 Å². The Kier molecular flexibility index (Phi) is 6.22. The first-order valence-electron chi connectivity index (χ1n) is 9.47. The maximum atomic E-state index is 13.4. The van der Waals surface area contributed by atoms with Gasteiger partial charge in [-0.2, -0.15) is 26.3 Å². The van der Waals surface area contributed by atoms with Crippen LogP contribution in [0.2, 0.25) is 0 Å². The van der Waals surface area contributed by atoms with Gasteiger partial charge in [-0.3, -0.25) is 4.79 Å². The van der Waals surface area contributed by atoms with Gasteiger partial charge in [0, 0.05) is 36.1 Å². The van der Waals surface area contributed by atoms with E-state index >= 15 is 0 Å². The number of carbonyl (C=O) groups is 1. The third-order valence-corrected chi connectivity index (χ3v) is 5.21. The van der Waals surface area contributed by atoms with Gasteiger partial charge < -0.3 is 15.1 Å². The van der Waals surface area contributed by atoms with Crippen LogP contribution in [0.1, 0.15) is 27.9 Å². The second-order valence-corrected chi connectivity index (χ2v) is 7.65. The van der Waals surface area contributed by atoms with Crippen LogP contribution in [-0.4, -0.2) is 44.0 Å². The summed E-state index contributed by atoms with van der Waals surface area (Å²) in [6.45, 7) is 1.03. The van der Waals surface area contributed by atoms with Crippen LogP contribution in [0.15, 0.2) is 42.5 Å². The Labute approximate surface area is 175 Å². The van der Waals surface area contributed by atoms with Crippen molar-refractivity contribution in [3.63, 3.8) is 0 Å². The predicted molar refractivity (Wildman–Crippen MR) is 105 cm³/mol. The fraction of sp³-hybridized carbons (Fsp3) is 0.381. The zero-order chi connectivity index (χ0) is 23.0. The number of benzene rings is 2. The smallest absolute Gasteiger partial charge is 0.370 e. The third-order valence-electron chi connectivity index (χ3n) is 5.21. The standard InChI is InChI=1S/C21H21F6N3O/c1-29(2)17-6-7-30(12-17)18-9-13(8-15(11-18)21(25,26)27)19(31)28-16-5-3-4-14(10-16)20(22,23)24/h3-5,8-11,17H,6-7,12H2,1-2H3,(H,28,31). The molecule has 3 rings (SSSR count). The molecule has 2 aromatic carbocycles. The first-order valence-corrected chi connectivity index (χ1v) is 9.47. The minimum absolute atomic E-state index is 0.160. The molecule has 0 aromatic heterocycles. The largest absolute Gasteiger partial charge is 0.416 e. The van der Waals surface area contributed by atoms with Crippen LogP contribution in [-0.2, 0) is 12.4 Å². The van der Waals surface area contributed by atoms with Gasteiger partial charge in [0.15, 0.2) is 0 Å². The molecule has 1 aliphatic heterocycles. The number of halogens is 6. The zero-order valence-electron chi connectivity index (χ0n) is 16.8. The van der Waals surface area contributed by atoms with E-state index in [0.29, 0.717) is 19.2 Å². The van der Waals surface area contributed by atoms with Crippen molar-refractivity contribution in [1.82, 2.24) is 4.90 Å². The Hall–Kier alpha value is -2.75. The number of likely N-dealkylation sites (N-methyl/N-ethyl adjacent to an activating group) is 1. The average molecular weight is 445 g/mol. The average Bonchev–Trinajstić information content (AvgIpc) is 3.17. The van der Waals surface area contributed by atoms with Crippen LogP contribution in [0.4, 0.5) is 37.7 Å². The number of alkyl halides is 6. The molecule has 168 valence electrons. The number of anilines is 2. The van der Waals surface area contributed by atoms with Crippen molar-refractivity contribution < 1.29 is 31.1 Å². The number of nitrogens with zero attached hydrogens (tertiary/aromatic N) is 2. The van der Waals surface area contributed by atoms with E-state index in [0.717, 1.165) is 30.7 Å². The molecule has 0 bridgehead atoms. The van der Waals surface area contributed by atoms with Crippen LogP contribution >= 0.6 is 0 Å². The molecular formula is C21H21F6N3O. The van der Waals surface area contributed by atoms with Crippen molar-refractivity contribution in [2.75, 3.05) is 37.4 Å². The van der Waals surface area contributed by atoms with Crippen LogP contribution in [0, 0.1) is 0 Å². The van der Waals surface area contributed by atoms with Gasteiger partial charge in [-0.15, -0.1) is 0 Å². The molecule has 1 heterocycles. The van der Waals surface area contributed by atoms with Gasteiger partial charge in [0.05, 0.1) is 11.1 Å². The fourth-order valence-corrected chi connectivity index (χ4v) is 3.46. The van der Waals surface area contributed by atoms with E-state index in [1.165, 1.54) is 12.1 Å². The van der Waals surface area contributed by atoms with Gasteiger partial charge in [0.1, 0.15) is 0 Å². The highest BCUT2D eigenvalue weighted by Crippen LogP contribution is 2.35. The molecule has 1 atom stereocenters. The Morgan fingerprint density at radius 2 is 1.68 bits per heavy atom. The summed E-state index contributed by atoms with van der Waals surface area (Å²) < 4.78 is 78.9. The summed E-state index contributed by atoms with van der Waals surface area (Å²) in [7, 11) is 3.77. The summed E-state index contributed by atoms with van der Waals surface area (Å²) in [6, 6.07) is 7.10. The molecule has 4 nitrogen and oxygen atoms in total. The lowest BCUT2D eigenvalue weighted by Gasteiger charge is -2.23. The predicted octanol–water partition coefficient (Wildman–Crippen LogP) is 5.12. The number of hydrogen-bond donors (Lipinski definition) is 1. The lowest BCUT2D eigenvalue weighted by atomic mass is 10.1. The quantitative estimate of drug-likeness (QED) is 0.664. The molecule has 0 spiro atoms. The number of hydrogen-bond acceptors (Lipinski definition) is 3. The lowest BCUT2D eigenvalue weighted by Crippen LogP contribution is -2.31. The Bertz CT molecular complexity index is 955. The van der Waals surface area contributed by atoms with Gasteiger partial charge in [0.25, 0.3) is 5.91 Å². The topological polar surface area (TPSA) is 35.6 Å². The molecule has 1 unspecified atom stereocenters. The molecule has 1 aliphatic rings. The van der Waals surface area contributed by atoms with Gasteiger partial charge in [-0.05, 0) is 56.9 Å². The van der Waals surface area contributed by atoms with E-state index in [2.05, 4.69) is 5.32 Å². The molecule has 10 heteroatoms. The van der Waals surface area contributed by atoms with Crippen LogP contribution in [0.5, 0.6) is 0 Å². The van der Waals surface area contributed by atoms with E-state index in [1.807, 2.05) is 19.0 Å². The second-order valence-electron chi connectivity index (χ2n) is 7.65. The first-order chi connectivity index (χ1) is 14.3. The first kappa shape index (κ1) is 22.9. The van der Waals surface area contributed by atoms with Crippen molar-refractivity contribution in [2.45, 2.75) is 24.8 Å². The van der Waals surface area contributed by atoms with Crippen molar-refractivity contribution in [3.8, 4) is 0 Å². The Balaban J connectivity index is 1.90. The van der Waals surface area contributed by atoms with Gasteiger partial charge in [-0.1, -0.05) is 6.07 Å². The van der Waals surface area contributed by atoms with Crippen molar-refractivity contribution in [2.24, 2.45) is 0 Å². The van der Waals surface area contributed by atoms with Crippen molar-refractivity contribution in [1.29, 1.82) is 0 Å². The summed E-state index contributed by atoms with van der Waals surface area (Å²) in [5, 5.41) is 2.26. The third kappa shape index (κ3) is 5.49. The molecule has 2 aromatic rings. The minimum Gasteiger partial charge on any atom is -0.370 e. The zero-order valence-corrected chi connectivity index (χ0v) is 16.8. The van der Waals surface area contributed by atoms with Crippen LogP contribution in [0.3, 0.4) is 0 Å². The number of nitrogens with one attached hydrogen (secondary N) is 1. The molecule has 0 radical (unpaired) electrons. The van der Waals surface area contributed by atoms with E-state index in [1.54, 1.807) is 4.90 Å². The highest BCUT2D eigenvalue weighted by atomic mass is 19.4. The normalized spacial score (nSPS) is 17.3. The lowest BCUT2D eigenvalue weighted by molar-refractivity contribution is -0.138. The number of carbonyl (C=O) groups excluding carboxylic acids is 1. The van der Waals surface area contributed by atoms with Crippen LogP contribution in [0.25, 0.3) is 0 Å². The maximum Gasteiger partial charge on any atom is 0.416 e. The van der Waals surface area contributed by atoms with Gasteiger partial charge in [0.2, 0.25) is 0 Å². The molecule has 0 aliphatic carbocycles. The maximum absolute atomic E-state index is 13.4. The van der Waals surface area contributed by atoms with Crippen molar-refractivity contribution >= 4 is 17.3 Å². The molecule has 31 heavy (non-hydrogen) atoms. The summed E-state index contributed by atoms with van der Waals surface area (Å²) in [5.74, 6) is -0.921. The Morgan fingerprint density at radius 3 is 2.26 bits per heavy atom. The second kappa shape index (κ2) is 8.41. The monoisotopic (exact) mass is 445 g/mol. The van der Waals surface area contributed by atoms with Gasteiger partial charge in [-0.25, -0.2) is 0 Å². The van der Waals surface area contributed by atoms with E-state index in [9.17, 15) is 31.1 Å². The molecule has 0 saturated carbocycles. The fourth-order valence-electron chi connectivity index (χ4n) is 3.46. The van der Waals surface area contributed by atoms with E-state index in [4.69, 9.17) is 0 Å². The number of amides is 1. The summed E-state index contributed by atoms with van der Waals surface area (Å²) >= 11 is 0. The van der Waals surface area contributed by atoms with Crippen LogP contribution < -0.4 is 10.2 Å². The van der Waals surface area contributed by atoms with Crippen molar-refractivity contribution in [3.05, 3.63) is 59.2 Å². The highest BCUT2D eigenvalue weighted by molar-refractivity contribution is 6.05. The molecular weight excluding hydrogens is 424 g/mol. The SMILES string of the molecule is CN(C)C1CCN(c2cc(C(=O)Nc3cccc(C(F)(F)F)c3)cc(C(F)(F)F)c2)C1. The minimum atomic E-state index is -4.68. The molecule has 1 N–H and O–H groups in total. The summed E-state index contributed by atoms with van der Waals surface area (Å²) in [5.41, 5.74) is -2.16. The molecule has 1 saturated heterocycles. The van der Waals surface area contributed by atoms with E-state index in [-0.39, 0.29) is 23.0 Å². The Morgan fingerprint density at radius 1 is 1.00 bits per heavy atom. The summed E-state index contributed by atoms with van der Waals surface area (Å²) in [4.78, 5) is 16.4. The number of rotatable bonds is 4. The highest BCUT2D eigenvalue weighted by Gasteiger charge is 2.34. The van der Waals surface area contributed by atoms with Gasteiger partial charge >= 0.3 is 12.4 Å². The summed E-state index contributed by atoms with van der Waals surface area (Å²) in [6.07, 6.45) is -8.53.